The highest BCUT2D eigenvalue weighted by molar-refractivity contribution is 5.43. The molecule has 1 aromatic carbocycles. The molecule has 0 fully saturated rings. The molecule has 0 saturated carbocycles. The lowest BCUT2D eigenvalue weighted by molar-refractivity contribution is 0.0504. The van der Waals surface area contributed by atoms with Crippen molar-refractivity contribution in [1.29, 1.82) is 0 Å². The molecule has 2 aromatic heterocycles. The predicted octanol–water partition coefficient (Wildman–Crippen LogP) is 3.65. The molecular formula is C22H22N2O3. The lowest BCUT2D eigenvalue weighted by Crippen LogP contribution is -2.27. The SMILES string of the molecule is Cc1cccc(COc2ccc3c(c2)[C@H](O)[C@@H](Cc2cccnc2)CO3)n1. The molecule has 1 aliphatic rings. The maximum Gasteiger partial charge on any atom is 0.130 e. The van der Waals surface area contributed by atoms with Crippen molar-refractivity contribution in [3.8, 4) is 11.5 Å². The number of ether oxygens (including phenoxy) is 2. The van der Waals surface area contributed by atoms with Gasteiger partial charge in [0.25, 0.3) is 0 Å². The second kappa shape index (κ2) is 7.76. The summed E-state index contributed by atoms with van der Waals surface area (Å²) in [5, 5.41) is 10.9. The van der Waals surface area contributed by atoms with Gasteiger partial charge in [-0.2, -0.15) is 0 Å². The number of benzene rings is 1. The quantitative estimate of drug-likeness (QED) is 0.751. The standard InChI is InChI=1S/C22H22N2O3/c1-15-4-2-6-18(24-15)14-26-19-7-8-21-20(11-19)22(25)17(13-27-21)10-16-5-3-9-23-12-16/h2-9,11-12,17,22,25H,10,13-14H2,1H3/t17-,22+/m0/s1. The van der Waals surface area contributed by atoms with Crippen molar-refractivity contribution in [2.45, 2.75) is 26.1 Å². The Morgan fingerprint density at radius 1 is 1.19 bits per heavy atom. The zero-order chi connectivity index (χ0) is 18.6. The van der Waals surface area contributed by atoms with Crippen molar-refractivity contribution < 1.29 is 14.6 Å². The van der Waals surface area contributed by atoms with Crippen LogP contribution in [-0.2, 0) is 13.0 Å². The van der Waals surface area contributed by atoms with Crippen LogP contribution in [0.1, 0.15) is 28.6 Å². The topological polar surface area (TPSA) is 64.5 Å². The van der Waals surface area contributed by atoms with Crippen LogP contribution in [0.3, 0.4) is 0 Å². The van der Waals surface area contributed by atoms with Crippen molar-refractivity contribution in [2.24, 2.45) is 5.92 Å². The number of aliphatic hydroxyl groups is 1. The van der Waals surface area contributed by atoms with E-state index < -0.39 is 6.10 Å². The van der Waals surface area contributed by atoms with Crippen molar-refractivity contribution in [3.05, 3.63) is 83.4 Å². The Kier molecular flexibility index (Phi) is 5.03. The highest BCUT2D eigenvalue weighted by Gasteiger charge is 2.30. The van der Waals surface area contributed by atoms with Crippen molar-refractivity contribution in [1.82, 2.24) is 9.97 Å². The number of aromatic nitrogens is 2. The Labute approximate surface area is 158 Å². The van der Waals surface area contributed by atoms with E-state index in [1.165, 1.54) is 0 Å². The molecule has 27 heavy (non-hydrogen) atoms. The van der Waals surface area contributed by atoms with Gasteiger partial charge in [0.05, 0.1) is 18.4 Å². The molecule has 0 aliphatic carbocycles. The fourth-order valence-corrected chi connectivity index (χ4v) is 3.35. The Bertz CT molecular complexity index is 914. The summed E-state index contributed by atoms with van der Waals surface area (Å²) in [7, 11) is 0. The number of hydrogen-bond acceptors (Lipinski definition) is 5. The summed E-state index contributed by atoms with van der Waals surface area (Å²) < 4.78 is 11.7. The normalized spacial score (nSPS) is 18.4. The van der Waals surface area contributed by atoms with Crippen molar-refractivity contribution in [2.75, 3.05) is 6.61 Å². The molecule has 138 valence electrons. The third-order valence-electron chi connectivity index (χ3n) is 4.75. The number of rotatable bonds is 5. The number of pyridine rings is 2. The second-order valence-electron chi connectivity index (χ2n) is 6.84. The molecule has 1 N–H and O–H groups in total. The Morgan fingerprint density at radius 2 is 2.11 bits per heavy atom. The molecule has 3 heterocycles. The van der Waals surface area contributed by atoms with E-state index in [0.29, 0.717) is 31.1 Å². The zero-order valence-corrected chi connectivity index (χ0v) is 15.2. The minimum atomic E-state index is -0.602. The first-order chi connectivity index (χ1) is 13.2. The number of aryl methyl sites for hydroxylation is 1. The lowest BCUT2D eigenvalue weighted by atomic mass is 9.88. The Morgan fingerprint density at radius 3 is 2.93 bits per heavy atom. The largest absolute Gasteiger partial charge is 0.493 e. The molecule has 5 heteroatoms. The Balaban J connectivity index is 1.47. The fraction of sp³-hybridized carbons (Fsp3) is 0.273. The van der Waals surface area contributed by atoms with Gasteiger partial charge in [0, 0.05) is 29.6 Å². The zero-order valence-electron chi connectivity index (χ0n) is 15.2. The third-order valence-corrected chi connectivity index (χ3v) is 4.75. The maximum absolute atomic E-state index is 10.9. The smallest absolute Gasteiger partial charge is 0.130 e. The van der Waals surface area contributed by atoms with Gasteiger partial charge in [-0.15, -0.1) is 0 Å². The van der Waals surface area contributed by atoms with Gasteiger partial charge in [-0.3, -0.25) is 9.97 Å². The predicted molar refractivity (Wildman–Crippen MR) is 102 cm³/mol. The third kappa shape index (κ3) is 4.09. The van der Waals surface area contributed by atoms with E-state index >= 15 is 0 Å². The molecule has 2 atom stereocenters. The van der Waals surface area contributed by atoms with Crippen LogP contribution >= 0.6 is 0 Å². The molecule has 0 saturated heterocycles. The molecule has 5 nitrogen and oxygen atoms in total. The van der Waals surface area contributed by atoms with Crippen molar-refractivity contribution >= 4 is 0 Å². The fourth-order valence-electron chi connectivity index (χ4n) is 3.35. The van der Waals surface area contributed by atoms with E-state index in [4.69, 9.17) is 9.47 Å². The minimum Gasteiger partial charge on any atom is -0.493 e. The second-order valence-corrected chi connectivity index (χ2v) is 6.84. The van der Waals surface area contributed by atoms with Crippen LogP contribution in [0.5, 0.6) is 11.5 Å². The monoisotopic (exact) mass is 362 g/mol. The van der Waals surface area contributed by atoms with E-state index in [9.17, 15) is 5.11 Å². The average Bonchev–Trinajstić information content (AvgIpc) is 2.70. The van der Waals surface area contributed by atoms with Crippen LogP contribution in [0.15, 0.2) is 60.9 Å². The van der Waals surface area contributed by atoms with Crippen LogP contribution in [0, 0.1) is 12.8 Å². The van der Waals surface area contributed by atoms with Crippen LogP contribution in [-0.4, -0.2) is 21.7 Å². The van der Waals surface area contributed by atoms with Crippen LogP contribution in [0.4, 0.5) is 0 Å². The number of fused-ring (bicyclic) bond motifs is 1. The lowest BCUT2D eigenvalue weighted by Gasteiger charge is -2.30. The highest BCUT2D eigenvalue weighted by atomic mass is 16.5. The summed E-state index contributed by atoms with van der Waals surface area (Å²) in [6, 6.07) is 15.4. The van der Waals surface area contributed by atoms with Gasteiger partial charge in [-0.1, -0.05) is 12.1 Å². The average molecular weight is 362 g/mol. The molecule has 0 amide bonds. The van der Waals surface area contributed by atoms with Crippen LogP contribution < -0.4 is 9.47 Å². The maximum atomic E-state index is 10.9. The summed E-state index contributed by atoms with van der Waals surface area (Å²) >= 11 is 0. The molecule has 1 aliphatic heterocycles. The van der Waals surface area contributed by atoms with E-state index in [2.05, 4.69) is 9.97 Å². The van der Waals surface area contributed by atoms with Gasteiger partial charge in [0.1, 0.15) is 18.1 Å². The van der Waals surface area contributed by atoms with Gasteiger partial charge >= 0.3 is 0 Å². The molecule has 3 aromatic rings. The molecule has 0 radical (unpaired) electrons. The van der Waals surface area contributed by atoms with Gasteiger partial charge in [0.2, 0.25) is 0 Å². The molecular weight excluding hydrogens is 340 g/mol. The first-order valence-corrected chi connectivity index (χ1v) is 9.08. The molecule has 0 unspecified atom stereocenters. The molecule has 0 bridgehead atoms. The summed E-state index contributed by atoms with van der Waals surface area (Å²) in [6.07, 6.45) is 3.69. The van der Waals surface area contributed by atoms with Gasteiger partial charge in [-0.05, 0) is 55.3 Å². The number of hydrogen-bond donors (Lipinski definition) is 1. The number of nitrogens with zero attached hydrogens (tertiary/aromatic N) is 2. The minimum absolute atomic E-state index is 0.0182. The Hall–Kier alpha value is -2.92. The summed E-state index contributed by atoms with van der Waals surface area (Å²) in [4.78, 5) is 8.59. The summed E-state index contributed by atoms with van der Waals surface area (Å²) in [5.41, 5.74) is 3.69. The van der Waals surface area contributed by atoms with E-state index in [1.54, 1.807) is 6.20 Å². The highest BCUT2D eigenvalue weighted by Crippen LogP contribution is 2.38. The van der Waals surface area contributed by atoms with E-state index in [1.807, 2.05) is 61.7 Å². The summed E-state index contributed by atoms with van der Waals surface area (Å²) in [5.74, 6) is 1.39. The molecule has 4 rings (SSSR count). The van der Waals surface area contributed by atoms with Crippen LogP contribution in [0.2, 0.25) is 0 Å². The first-order valence-electron chi connectivity index (χ1n) is 9.08. The van der Waals surface area contributed by atoms with Gasteiger partial charge in [-0.25, -0.2) is 0 Å². The van der Waals surface area contributed by atoms with Crippen LogP contribution in [0.25, 0.3) is 0 Å². The van der Waals surface area contributed by atoms with Gasteiger partial charge in [0.15, 0.2) is 0 Å². The summed E-state index contributed by atoms with van der Waals surface area (Å²) in [6.45, 7) is 2.82. The van der Waals surface area contributed by atoms with Gasteiger partial charge < -0.3 is 14.6 Å². The first kappa shape index (κ1) is 17.5. The molecule has 0 spiro atoms. The van der Waals surface area contributed by atoms with Crippen molar-refractivity contribution in [3.63, 3.8) is 0 Å². The van der Waals surface area contributed by atoms with E-state index in [-0.39, 0.29) is 5.92 Å². The number of aliphatic hydroxyl groups excluding tert-OH is 1. The van der Waals surface area contributed by atoms with E-state index in [0.717, 1.165) is 22.5 Å².